The molecule has 0 fully saturated rings. The molecule has 3 nitrogen and oxygen atoms in total. The predicted molar refractivity (Wildman–Crippen MR) is 108 cm³/mol. The Bertz CT molecular complexity index is 896. The first kappa shape index (κ1) is 19.4. The minimum atomic E-state index is -0.417. The standard InChI is InChI=1S/C19H20N2O.C3H5F/c1-3-6-13(4-2)18-12-21-19-17(18)10-15(11-20-19)14-7-5-8-16(22)9-14;1-2-3-4/h5-12,22H,3-4H2,1-2H3,(H,20,21);2H,1,3H2/b13-6+;. The Morgan fingerprint density at radius 1 is 1.27 bits per heavy atom. The number of nitrogens with one attached hydrogen (secondary N) is 1. The van der Waals surface area contributed by atoms with Crippen LogP contribution in [-0.4, -0.2) is 21.7 Å². The number of hydrogen-bond acceptors (Lipinski definition) is 2. The number of aromatic nitrogens is 2. The summed E-state index contributed by atoms with van der Waals surface area (Å²) < 4.78 is 10.6. The molecule has 0 aliphatic heterocycles. The van der Waals surface area contributed by atoms with Crippen LogP contribution in [-0.2, 0) is 0 Å². The van der Waals surface area contributed by atoms with E-state index in [1.807, 2.05) is 24.5 Å². The van der Waals surface area contributed by atoms with Gasteiger partial charge in [0.1, 0.15) is 18.1 Å². The lowest BCUT2D eigenvalue weighted by molar-refractivity contribution is 0.475. The van der Waals surface area contributed by atoms with Gasteiger partial charge in [0.15, 0.2) is 0 Å². The fourth-order valence-corrected chi connectivity index (χ4v) is 2.80. The van der Waals surface area contributed by atoms with Crippen LogP contribution in [0.5, 0.6) is 5.75 Å². The quantitative estimate of drug-likeness (QED) is 0.531. The molecule has 0 saturated carbocycles. The largest absolute Gasteiger partial charge is 0.508 e. The normalized spacial score (nSPS) is 11.1. The van der Waals surface area contributed by atoms with Gasteiger partial charge in [0, 0.05) is 28.9 Å². The zero-order chi connectivity index (χ0) is 18.9. The summed E-state index contributed by atoms with van der Waals surface area (Å²) in [4.78, 5) is 7.77. The SMILES string of the molecule is C=CCF.CC/C=C(\CC)c1c[nH]c2ncc(-c3cccc(O)c3)cc12. The van der Waals surface area contributed by atoms with E-state index in [0.29, 0.717) is 0 Å². The van der Waals surface area contributed by atoms with Crippen LogP contribution in [0.15, 0.2) is 61.5 Å². The maximum Gasteiger partial charge on any atom is 0.137 e. The van der Waals surface area contributed by atoms with Crippen LogP contribution in [0.3, 0.4) is 0 Å². The van der Waals surface area contributed by atoms with E-state index in [4.69, 9.17) is 0 Å². The van der Waals surface area contributed by atoms with Crippen molar-refractivity contribution in [3.8, 4) is 16.9 Å². The molecule has 2 aromatic heterocycles. The third-order valence-corrected chi connectivity index (χ3v) is 4.00. The maximum atomic E-state index is 10.6. The summed E-state index contributed by atoms with van der Waals surface area (Å²) in [6, 6.07) is 9.41. The lowest BCUT2D eigenvalue weighted by Gasteiger charge is -2.05. The Kier molecular flexibility index (Phi) is 7.15. The van der Waals surface area contributed by atoms with E-state index in [-0.39, 0.29) is 5.75 Å². The van der Waals surface area contributed by atoms with Crippen molar-refractivity contribution in [3.63, 3.8) is 0 Å². The van der Waals surface area contributed by atoms with E-state index in [0.717, 1.165) is 35.0 Å². The molecule has 0 unspecified atom stereocenters. The van der Waals surface area contributed by atoms with Crippen molar-refractivity contribution in [2.45, 2.75) is 26.7 Å². The van der Waals surface area contributed by atoms with Crippen molar-refractivity contribution < 1.29 is 9.50 Å². The number of phenols is 1. The summed E-state index contributed by atoms with van der Waals surface area (Å²) in [5.41, 5.74) is 5.43. The Balaban J connectivity index is 0.000000552. The fourth-order valence-electron chi connectivity index (χ4n) is 2.80. The van der Waals surface area contributed by atoms with E-state index < -0.39 is 6.67 Å². The molecule has 136 valence electrons. The Morgan fingerprint density at radius 3 is 2.65 bits per heavy atom. The van der Waals surface area contributed by atoms with Crippen molar-refractivity contribution in [2.24, 2.45) is 0 Å². The van der Waals surface area contributed by atoms with Gasteiger partial charge < -0.3 is 10.1 Å². The highest BCUT2D eigenvalue weighted by molar-refractivity contribution is 5.93. The number of hydrogen-bond donors (Lipinski definition) is 2. The molecule has 0 aliphatic rings. The molecule has 2 heterocycles. The van der Waals surface area contributed by atoms with Crippen molar-refractivity contribution in [1.29, 1.82) is 0 Å². The van der Waals surface area contributed by atoms with Gasteiger partial charge in [0.25, 0.3) is 0 Å². The molecule has 0 radical (unpaired) electrons. The Hall–Kier alpha value is -2.88. The van der Waals surface area contributed by atoms with Gasteiger partial charge in [-0.1, -0.05) is 38.1 Å². The molecule has 4 heteroatoms. The topological polar surface area (TPSA) is 48.9 Å². The number of benzene rings is 1. The molecule has 0 amide bonds. The lowest BCUT2D eigenvalue weighted by Crippen LogP contribution is -1.85. The molecule has 0 bridgehead atoms. The molecule has 0 atom stereocenters. The number of rotatable bonds is 5. The number of aromatic hydroxyl groups is 1. The summed E-state index contributed by atoms with van der Waals surface area (Å²) in [5, 5.41) is 10.8. The third kappa shape index (κ3) is 4.60. The minimum absolute atomic E-state index is 0.270. The number of phenolic OH excluding ortho intramolecular Hbond substituents is 1. The summed E-state index contributed by atoms with van der Waals surface area (Å²) in [7, 11) is 0. The van der Waals surface area contributed by atoms with Gasteiger partial charge in [-0.15, -0.1) is 6.58 Å². The minimum Gasteiger partial charge on any atom is -0.508 e. The summed E-state index contributed by atoms with van der Waals surface area (Å²) >= 11 is 0. The van der Waals surface area contributed by atoms with Gasteiger partial charge in [-0.25, -0.2) is 9.37 Å². The van der Waals surface area contributed by atoms with Crippen LogP contribution in [0.1, 0.15) is 32.3 Å². The molecule has 3 aromatic rings. The highest BCUT2D eigenvalue weighted by Gasteiger charge is 2.10. The number of H-pyrrole nitrogens is 1. The van der Waals surface area contributed by atoms with Gasteiger partial charge in [-0.3, -0.25) is 0 Å². The number of halogens is 1. The molecule has 1 aromatic carbocycles. The van der Waals surface area contributed by atoms with E-state index in [9.17, 15) is 9.50 Å². The lowest BCUT2D eigenvalue weighted by atomic mass is 10.00. The average Bonchev–Trinajstić information content (AvgIpc) is 3.09. The maximum absolute atomic E-state index is 10.6. The molecular weight excluding hydrogens is 327 g/mol. The highest BCUT2D eigenvalue weighted by atomic mass is 19.1. The van der Waals surface area contributed by atoms with E-state index in [2.05, 4.69) is 42.5 Å². The second-order valence-electron chi connectivity index (χ2n) is 5.81. The van der Waals surface area contributed by atoms with Crippen molar-refractivity contribution in [2.75, 3.05) is 6.67 Å². The van der Waals surface area contributed by atoms with Gasteiger partial charge >= 0.3 is 0 Å². The first-order valence-corrected chi connectivity index (χ1v) is 8.77. The van der Waals surface area contributed by atoms with E-state index in [1.54, 1.807) is 12.1 Å². The zero-order valence-corrected chi connectivity index (χ0v) is 15.3. The first-order valence-electron chi connectivity index (χ1n) is 8.77. The second-order valence-corrected chi connectivity index (χ2v) is 5.81. The van der Waals surface area contributed by atoms with E-state index >= 15 is 0 Å². The Labute approximate surface area is 153 Å². The summed E-state index contributed by atoms with van der Waals surface area (Å²) in [6.07, 6.45) is 9.37. The third-order valence-electron chi connectivity index (χ3n) is 4.00. The van der Waals surface area contributed by atoms with Crippen LogP contribution in [0.25, 0.3) is 27.7 Å². The molecule has 0 aliphatic carbocycles. The number of nitrogens with zero attached hydrogens (tertiary/aromatic N) is 1. The van der Waals surface area contributed by atoms with Gasteiger partial charge in [0.05, 0.1) is 0 Å². The number of allylic oxidation sites excluding steroid dienone is 3. The van der Waals surface area contributed by atoms with E-state index in [1.165, 1.54) is 17.2 Å². The van der Waals surface area contributed by atoms with Crippen LogP contribution < -0.4 is 0 Å². The summed E-state index contributed by atoms with van der Waals surface area (Å²) in [5.74, 6) is 0.270. The number of aromatic amines is 1. The van der Waals surface area contributed by atoms with Gasteiger partial charge in [-0.05, 0) is 42.2 Å². The second kappa shape index (κ2) is 9.56. The highest BCUT2D eigenvalue weighted by Crippen LogP contribution is 2.30. The fraction of sp³-hybridized carbons (Fsp3) is 0.227. The van der Waals surface area contributed by atoms with Crippen molar-refractivity contribution in [1.82, 2.24) is 9.97 Å². The number of alkyl halides is 1. The molecule has 0 spiro atoms. The zero-order valence-electron chi connectivity index (χ0n) is 15.3. The van der Waals surface area contributed by atoms with Gasteiger partial charge in [0.2, 0.25) is 0 Å². The van der Waals surface area contributed by atoms with Crippen molar-refractivity contribution >= 4 is 16.6 Å². The predicted octanol–water partition coefficient (Wildman–Crippen LogP) is 6.28. The smallest absolute Gasteiger partial charge is 0.137 e. The van der Waals surface area contributed by atoms with Gasteiger partial charge in [-0.2, -0.15) is 0 Å². The number of pyridine rings is 1. The van der Waals surface area contributed by atoms with Crippen molar-refractivity contribution in [3.05, 3.63) is 67.0 Å². The molecule has 3 rings (SSSR count). The number of fused-ring (bicyclic) bond motifs is 1. The molecular formula is C22H25FN2O. The average molecular weight is 352 g/mol. The monoisotopic (exact) mass is 352 g/mol. The summed E-state index contributed by atoms with van der Waals surface area (Å²) in [6.45, 7) is 7.01. The van der Waals surface area contributed by atoms with Crippen LogP contribution in [0.2, 0.25) is 0 Å². The van der Waals surface area contributed by atoms with Crippen LogP contribution in [0.4, 0.5) is 4.39 Å². The first-order chi connectivity index (χ1) is 12.6. The molecule has 0 saturated heterocycles. The molecule has 2 N–H and O–H groups in total. The van der Waals surface area contributed by atoms with Crippen LogP contribution >= 0.6 is 0 Å². The van der Waals surface area contributed by atoms with Crippen LogP contribution in [0, 0.1) is 0 Å². The molecule has 26 heavy (non-hydrogen) atoms. The Morgan fingerprint density at radius 2 is 2.04 bits per heavy atom.